The molecule has 2 saturated carbocycles. The van der Waals surface area contributed by atoms with Crippen LogP contribution in [0.5, 0.6) is 0 Å². The molecule has 0 atom stereocenters. The number of halogens is 3. The van der Waals surface area contributed by atoms with E-state index in [2.05, 4.69) is 5.10 Å². The predicted molar refractivity (Wildman–Crippen MR) is 69.7 cm³/mol. The summed E-state index contributed by atoms with van der Waals surface area (Å²) in [5.74, 6) is -1.73. The zero-order chi connectivity index (χ0) is 16.1. The first-order chi connectivity index (χ1) is 10.3. The van der Waals surface area contributed by atoms with Crippen LogP contribution in [0.1, 0.15) is 53.3 Å². The summed E-state index contributed by atoms with van der Waals surface area (Å²) in [6.07, 6.45) is -1.88. The SMILES string of the molecule is COC1CC(Cn2nc(C3CC3)c(C(F)(F)F)c2C(=O)O)C1. The standard InChI is InChI=1S/C14H17F3N2O3/c1-22-9-4-7(5-9)6-19-12(13(20)21)10(14(15,16)17)11(18-19)8-2-3-8/h7-9H,2-6H2,1H3,(H,20,21). The fraction of sp³-hybridized carbons (Fsp3) is 0.714. The maximum atomic E-state index is 13.3. The lowest BCUT2D eigenvalue weighted by atomic mass is 9.82. The highest BCUT2D eigenvalue weighted by molar-refractivity contribution is 5.88. The van der Waals surface area contributed by atoms with Gasteiger partial charge in [-0.05, 0) is 31.6 Å². The molecule has 0 saturated heterocycles. The Hall–Kier alpha value is -1.57. The molecule has 1 N–H and O–H groups in total. The number of rotatable bonds is 5. The average Bonchev–Trinajstić information content (AvgIpc) is 3.12. The Morgan fingerprint density at radius 3 is 2.50 bits per heavy atom. The molecule has 2 aliphatic carbocycles. The van der Waals surface area contributed by atoms with Gasteiger partial charge in [0.2, 0.25) is 0 Å². The Labute approximate surface area is 125 Å². The number of hydrogen-bond acceptors (Lipinski definition) is 3. The summed E-state index contributed by atoms with van der Waals surface area (Å²) in [5.41, 5.74) is -1.90. The molecule has 5 nitrogen and oxygen atoms in total. The van der Waals surface area contributed by atoms with Crippen molar-refractivity contribution in [3.8, 4) is 0 Å². The van der Waals surface area contributed by atoms with Crippen molar-refractivity contribution in [2.24, 2.45) is 5.92 Å². The van der Waals surface area contributed by atoms with Crippen LogP contribution in [0.4, 0.5) is 13.2 Å². The molecule has 1 heterocycles. The van der Waals surface area contributed by atoms with E-state index in [-0.39, 0.29) is 30.2 Å². The normalized spacial score (nSPS) is 25.1. The zero-order valence-electron chi connectivity index (χ0n) is 12.1. The number of alkyl halides is 3. The smallest absolute Gasteiger partial charge is 0.420 e. The van der Waals surface area contributed by atoms with Crippen molar-refractivity contribution in [3.05, 3.63) is 17.0 Å². The maximum absolute atomic E-state index is 13.3. The maximum Gasteiger partial charge on any atom is 0.420 e. The van der Waals surface area contributed by atoms with E-state index >= 15 is 0 Å². The van der Waals surface area contributed by atoms with Crippen molar-refractivity contribution >= 4 is 5.97 Å². The topological polar surface area (TPSA) is 64.4 Å². The quantitative estimate of drug-likeness (QED) is 0.906. The van der Waals surface area contributed by atoms with Crippen molar-refractivity contribution in [1.29, 1.82) is 0 Å². The molecular weight excluding hydrogens is 301 g/mol. The van der Waals surface area contributed by atoms with Gasteiger partial charge in [0.05, 0.1) is 11.8 Å². The van der Waals surface area contributed by atoms with Crippen LogP contribution in [-0.4, -0.2) is 34.1 Å². The van der Waals surface area contributed by atoms with E-state index in [1.54, 1.807) is 7.11 Å². The van der Waals surface area contributed by atoms with Crippen LogP contribution in [0.3, 0.4) is 0 Å². The molecule has 0 amide bonds. The van der Waals surface area contributed by atoms with Crippen LogP contribution in [0.2, 0.25) is 0 Å². The molecule has 8 heteroatoms. The number of ether oxygens (including phenoxy) is 1. The molecule has 0 aromatic carbocycles. The fourth-order valence-corrected chi connectivity index (χ4v) is 3.01. The molecule has 2 fully saturated rings. The molecule has 0 aliphatic heterocycles. The van der Waals surface area contributed by atoms with Gasteiger partial charge >= 0.3 is 12.1 Å². The van der Waals surface area contributed by atoms with Crippen molar-refractivity contribution in [3.63, 3.8) is 0 Å². The molecule has 22 heavy (non-hydrogen) atoms. The van der Waals surface area contributed by atoms with Gasteiger partial charge in [-0.3, -0.25) is 4.68 Å². The summed E-state index contributed by atoms with van der Waals surface area (Å²) in [5, 5.41) is 13.2. The van der Waals surface area contributed by atoms with Crippen LogP contribution in [0.15, 0.2) is 0 Å². The van der Waals surface area contributed by atoms with Gasteiger partial charge in [0.25, 0.3) is 0 Å². The third-order valence-corrected chi connectivity index (χ3v) is 4.39. The Balaban J connectivity index is 1.93. The second kappa shape index (κ2) is 5.26. The van der Waals surface area contributed by atoms with E-state index in [9.17, 15) is 23.1 Å². The van der Waals surface area contributed by atoms with E-state index < -0.39 is 23.4 Å². The van der Waals surface area contributed by atoms with Crippen LogP contribution in [0.25, 0.3) is 0 Å². The van der Waals surface area contributed by atoms with Gasteiger partial charge in [-0.25, -0.2) is 4.79 Å². The van der Waals surface area contributed by atoms with E-state index in [0.29, 0.717) is 12.8 Å². The molecule has 2 aliphatic rings. The van der Waals surface area contributed by atoms with Crippen molar-refractivity contribution in [1.82, 2.24) is 9.78 Å². The number of hydrogen-bond donors (Lipinski definition) is 1. The number of nitrogens with zero attached hydrogens (tertiary/aromatic N) is 2. The summed E-state index contributed by atoms with van der Waals surface area (Å²) >= 11 is 0. The number of carboxylic acid groups (broad SMARTS) is 1. The summed E-state index contributed by atoms with van der Waals surface area (Å²) in [4.78, 5) is 11.4. The highest BCUT2D eigenvalue weighted by Crippen LogP contribution is 2.47. The lowest BCUT2D eigenvalue weighted by molar-refractivity contribution is -0.138. The molecule has 0 bridgehead atoms. The lowest BCUT2D eigenvalue weighted by Crippen LogP contribution is -2.34. The van der Waals surface area contributed by atoms with E-state index in [0.717, 1.165) is 17.5 Å². The van der Waals surface area contributed by atoms with E-state index in [1.807, 2.05) is 0 Å². The van der Waals surface area contributed by atoms with E-state index in [4.69, 9.17) is 4.74 Å². The highest BCUT2D eigenvalue weighted by atomic mass is 19.4. The molecular formula is C14H17F3N2O3. The third kappa shape index (κ3) is 2.71. The van der Waals surface area contributed by atoms with Gasteiger partial charge in [-0.15, -0.1) is 0 Å². The largest absolute Gasteiger partial charge is 0.477 e. The first-order valence-electron chi connectivity index (χ1n) is 7.25. The number of carbonyl (C=O) groups is 1. The van der Waals surface area contributed by atoms with Crippen LogP contribution >= 0.6 is 0 Å². The van der Waals surface area contributed by atoms with Crippen molar-refractivity contribution in [2.45, 2.75) is 50.4 Å². The minimum Gasteiger partial charge on any atom is -0.477 e. The summed E-state index contributed by atoms with van der Waals surface area (Å²) in [7, 11) is 1.59. The minimum atomic E-state index is -4.70. The Kier molecular flexibility index (Phi) is 3.66. The monoisotopic (exact) mass is 318 g/mol. The predicted octanol–water partition coefficient (Wildman–Crippen LogP) is 2.90. The molecule has 0 radical (unpaired) electrons. The number of carboxylic acids is 1. The Bertz CT molecular complexity index is 587. The van der Waals surface area contributed by atoms with Gasteiger partial charge in [0, 0.05) is 19.6 Å². The van der Waals surface area contributed by atoms with Gasteiger partial charge in [0.15, 0.2) is 5.69 Å². The zero-order valence-corrected chi connectivity index (χ0v) is 12.1. The molecule has 122 valence electrons. The molecule has 3 rings (SSSR count). The molecule has 1 aromatic heterocycles. The Morgan fingerprint density at radius 1 is 1.41 bits per heavy atom. The second-order valence-electron chi connectivity index (χ2n) is 6.06. The summed E-state index contributed by atoms with van der Waals surface area (Å²) in [6, 6.07) is 0. The second-order valence-corrected chi connectivity index (χ2v) is 6.06. The van der Waals surface area contributed by atoms with Crippen LogP contribution < -0.4 is 0 Å². The van der Waals surface area contributed by atoms with E-state index in [1.165, 1.54) is 0 Å². The lowest BCUT2D eigenvalue weighted by Gasteiger charge is -2.34. The van der Waals surface area contributed by atoms with Gasteiger partial charge in [-0.2, -0.15) is 18.3 Å². The number of aromatic nitrogens is 2. The highest BCUT2D eigenvalue weighted by Gasteiger charge is 2.46. The third-order valence-electron chi connectivity index (χ3n) is 4.39. The average molecular weight is 318 g/mol. The summed E-state index contributed by atoms with van der Waals surface area (Å²) in [6.45, 7) is 0.192. The van der Waals surface area contributed by atoms with Gasteiger partial charge < -0.3 is 9.84 Å². The molecule has 0 unspecified atom stereocenters. The fourth-order valence-electron chi connectivity index (χ4n) is 3.01. The first-order valence-corrected chi connectivity index (χ1v) is 7.25. The van der Waals surface area contributed by atoms with Gasteiger partial charge in [-0.1, -0.05) is 0 Å². The summed E-state index contributed by atoms with van der Waals surface area (Å²) < 4.78 is 46.0. The Morgan fingerprint density at radius 2 is 2.05 bits per heavy atom. The van der Waals surface area contributed by atoms with Crippen LogP contribution in [-0.2, 0) is 17.5 Å². The number of methoxy groups -OCH3 is 1. The van der Waals surface area contributed by atoms with Gasteiger partial charge in [0.1, 0.15) is 5.56 Å². The van der Waals surface area contributed by atoms with Crippen molar-refractivity contribution in [2.75, 3.05) is 7.11 Å². The van der Waals surface area contributed by atoms with Crippen molar-refractivity contribution < 1.29 is 27.8 Å². The molecule has 0 spiro atoms. The molecule has 1 aromatic rings. The number of aromatic carboxylic acids is 1. The van der Waals surface area contributed by atoms with Crippen LogP contribution in [0, 0.1) is 5.92 Å². The minimum absolute atomic E-state index is 0.104. The first kappa shape index (κ1) is 15.3.